The fourth-order valence-corrected chi connectivity index (χ4v) is 29.4. The van der Waals surface area contributed by atoms with E-state index in [2.05, 4.69) is 48.5 Å². The van der Waals surface area contributed by atoms with E-state index in [-0.39, 0.29) is 67.2 Å². The number of rotatable bonds is 19. The molecule has 0 N–H and O–H groups in total. The van der Waals surface area contributed by atoms with Gasteiger partial charge in [0.25, 0.3) is 0 Å². The van der Waals surface area contributed by atoms with Crippen LogP contribution in [0.2, 0.25) is 0 Å². The van der Waals surface area contributed by atoms with E-state index in [4.69, 9.17) is 28.4 Å². The standard InChI is InChI=1S/2C26H40O3.C25H40O3/c1-3-18-8-19(4-2)24-21-9-20(23(18)24)10-22(21)25(27)28-14-29-26-11-15-5-16(12-26)7-17(6-15)13-26;1-3-16-10-17(4-2)24-21-11-18(23(16)24)12-22(21)26(27)29-13-28-25-19-6-14-5-15(8-19)9-20(25)7-14;1-4-16-10-17(5-2)23-20-11-18(22(16)23)12-21(20)24(26)27-14-28-25(6-3)13-15-7-8-19(25)9-15/h15-24H,3-14H2,1-2H3;14-25H,3-13H2,1-2H3;15-23H,4-14H2,1-3H3. The van der Waals surface area contributed by atoms with E-state index in [0.717, 1.165) is 162 Å². The average molecular weight is 1190 g/mol. The topological polar surface area (TPSA) is 107 Å². The van der Waals surface area contributed by atoms with E-state index < -0.39 is 0 Å². The third-order valence-electron chi connectivity index (χ3n) is 31.7. The van der Waals surface area contributed by atoms with Crippen molar-refractivity contribution in [3.8, 4) is 0 Å². The van der Waals surface area contributed by atoms with Crippen molar-refractivity contribution in [2.24, 2.45) is 178 Å². The maximum absolute atomic E-state index is 13.1. The third kappa shape index (κ3) is 10.4. The number of ether oxygens (including phenoxy) is 6. The summed E-state index contributed by atoms with van der Waals surface area (Å²) in [4.78, 5) is 39.1. The van der Waals surface area contributed by atoms with Gasteiger partial charge >= 0.3 is 17.9 Å². The minimum absolute atomic E-state index is 0.00389. The molecule has 16 bridgehead atoms. The molecular formula is C77H120O9. The molecule has 19 saturated carbocycles. The van der Waals surface area contributed by atoms with Crippen LogP contribution in [0.5, 0.6) is 0 Å². The van der Waals surface area contributed by atoms with Gasteiger partial charge in [0.2, 0.25) is 0 Å². The minimum Gasteiger partial charge on any atom is -0.438 e. The number of fused-ring (bicyclic) bond motifs is 17. The lowest BCUT2D eigenvalue weighted by Gasteiger charge is -2.56. The Kier molecular flexibility index (Phi) is 17.1. The summed E-state index contributed by atoms with van der Waals surface area (Å²) in [6.07, 6.45) is 40.6. The van der Waals surface area contributed by atoms with Gasteiger partial charge in [0.05, 0.1) is 35.1 Å². The molecule has 24 unspecified atom stereocenters. The summed E-state index contributed by atoms with van der Waals surface area (Å²) in [6, 6.07) is 0. The monoisotopic (exact) mass is 1190 g/mol. The lowest BCUT2D eigenvalue weighted by atomic mass is 9.54. The molecular weight excluding hydrogens is 1070 g/mol. The van der Waals surface area contributed by atoms with Crippen LogP contribution in [0.1, 0.15) is 248 Å². The van der Waals surface area contributed by atoms with E-state index in [0.29, 0.717) is 29.8 Å². The Hall–Kier alpha value is -1.71. The zero-order chi connectivity index (χ0) is 58.9. The van der Waals surface area contributed by atoms with Crippen molar-refractivity contribution in [2.75, 3.05) is 20.4 Å². The summed E-state index contributed by atoms with van der Waals surface area (Å²) >= 11 is 0. The summed E-state index contributed by atoms with van der Waals surface area (Å²) in [7, 11) is 0. The first-order chi connectivity index (χ1) is 41.8. The Labute approximate surface area is 521 Å². The quantitative estimate of drug-likeness (QED) is 0.0710. The normalized spacial score (nSPS) is 53.1. The summed E-state index contributed by atoms with van der Waals surface area (Å²) in [5, 5.41) is 0. The number of carbonyl (C=O) groups is 3. The molecule has 0 radical (unpaired) electrons. The Morgan fingerprint density at radius 1 is 0.349 bits per heavy atom. The van der Waals surface area contributed by atoms with Crippen molar-refractivity contribution >= 4 is 17.9 Å². The van der Waals surface area contributed by atoms with Gasteiger partial charge in [-0.2, -0.15) is 0 Å². The second-order valence-electron chi connectivity index (χ2n) is 34.9. The molecule has 0 aromatic rings. The van der Waals surface area contributed by atoms with Gasteiger partial charge in [0.1, 0.15) is 0 Å². The molecule has 9 nitrogen and oxygen atoms in total. The van der Waals surface area contributed by atoms with Crippen molar-refractivity contribution in [3.63, 3.8) is 0 Å². The van der Waals surface area contributed by atoms with Gasteiger partial charge in [0.15, 0.2) is 20.4 Å². The van der Waals surface area contributed by atoms with Gasteiger partial charge in [-0.05, 0) is 320 Å². The van der Waals surface area contributed by atoms with Crippen LogP contribution in [-0.2, 0) is 42.8 Å². The van der Waals surface area contributed by atoms with Gasteiger partial charge in [-0.15, -0.1) is 0 Å². The molecule has 19 fully saturated rings. The molecule has 86 heavy (non-hydrogen) atoms. The molecule has 0 aromatic carbocycles. The van der Waals surface area contributed by atoms with Crippen LogP contribution in [0.25, 0.3) is 0 Å². The maximum atomic E-state index is 13.1. The van der Waals surface area contributed by atoms with Crippen molar-refractivity contribution in [2.45, 2.75) is 265 Å². The number of hydrogen-bond donors (Lipinski definition) is 0. The molecule has 0 heterocycles. The first-order valence-electron chi connectivity index (χ1n) is 38.2. The predicted octanol–water partition coefficient (Wildman–Crippen LogP) is 17.3. The lowest BCUT2D eigenvalue weighted by Crippen LogP contribution is -2.52. The van der Waals surface area contributed by atoms with Crippen LogP contribution in [0, 0.1) is 178 Å². The Balaban J connectivity index is 0.000000109. The second kappa shape index (κ2) is 24.3. The third-order valence-corrected chi connectivity index (χ3v) is 31.7. The van der Waals surface area contributed by atoms with Crippen molar-refractivity contribution in [1.82, 2.24) is 0 Å². The van der Waals surface area contributed by atoms with E-state index >= 15 is 0 Å². The Morgan fingerprint density at radius 2 is 0.733 bits per heavy atom. The highest BCUT2D eigenvalue weighted by molar-refractivity contribution is 5.74. The summed E-state index contributed by atoms with van der Waals surface area (Å²) in [5.74, 6) is 22.7. The Morgan fingerprint density at radius 3 is 1.10 bits per heavy atom. The zero-order valence-electron chi connectivity index (χ0n) is 55.1. The van der Waals surface area contributed by atoms with Gasteiger partial charge in [-0.25, -0.2) is 0 Å². The summed E-state index contributed by atoms with van der Waals surface area (Å²) < 4.78 is 36.3. The molecule has 0 spiro atoms. The summed E-state index contributed by atoms with van der Waals surface area (Å²) in [5.41, 5.74) is 0.0397. The zero-order valence-corrected chi connectivity index (χ0v) is 55.1. The van der Waals surface area contributed by atoms with Gasteiger partial charge in [0, 0.05) is 0 Å². The van der Waals surface area contributed by atoms with E-state index in [1.165, 1.54) is 173 Å². The molecule has 0 aliphatic heterocycles. The summed E-state index contributed by atoms with van der Waals surface area (Å²) in [6.45, 7) is 17.0. The highest BCUT2D eigenvalue weighted by atomic mass is 16.7. The largest absolute Gasteiger partial charge is 0.438 e. The van der Waals surface area contributed by atoms with Gasteiger partial charge < -0.3 is 28.4 Å². The molecule has 482 valence electrons. The fraction of sp³-hybridized carbons (Fsp3) is 0.961. The van der Waals surface area contributed by atoms with Crippen LogP contribution in [0.15, 0.2) is 0 Å². The maximum Gasteiger partial charge on any atom is 0.311 e. The number of carbonyl (C=O) groups excluding carboxylic acids is 3. The predicted molar refractivity (Wildman–Crippen MR) is 333 cm³/mol. The van der Waals surface area contributed by atoms with Crippen LogP contribution in [0.4, 0.5) is 0 Å². The molecule has 24 atom stereocenters. The van der Waals surface area contributed by atoms with Crippen molar-refractivity contribution < 1.29 is 42.8 Å². The number of hydrogen-bond acceptors (Lipinski definition) is 9. The van der Waals surface area contributed by atoms with E-state index in [1.54, 1.807) is 0 Å². The molecule has 19 aliphatic rings. The smallest absolute Gasteiger partial charge is 0.311 e. The van der Waals surface area contributed by atoms with E-state index in [9.17, 15) is 14.4 Å². The molecule has 9 heteroatoms. The highest BCUT2D eigenvalue weighted by Gasteiger charge is 2.65. The average Bonchev–Trinajstić information content (AvgIpc) is 1.55. The molecule has 19 rings (SSSR count). The van der Waals surface area contributed by atoms with Gasteiger partial charge in [-0.1, -0.05) is 87.0 Å². The molecule has 0 aromatic heterocycles. The first kappa shape index (κ1) is 60.5. The van der Waals surface area contributed by atoms with E-state index in [1.807, 2.05) is 0 Å². The molecule has 0 saturated heterocycles. The molecule has 0 amide bonds. The van der Waals surface area contributed by atoms with Crippen LogP contribution >= 0.6 is 0 Å². The number of esters is 3. The fourth-order valence-electron chi connectivity index (χ4n) is 29.4. The minimum atomic E-state index is -0.00389. The second-order valence-corrected chi connectivity index (χ2v) is 34.9. The lowest BCUT2D eigenvalue weighted by molar-refractivity contribution is -0.213. The van der Waals surface area contributed by atoms with Crippen molar-refractivity contribution in [3.05, 3.63) is 0 Å². The highest BCUT2D eigenvalue weighted by Crippen LogP contribution is 2.69. The Bertz CT molecular complexity index is 2360. The first-order valence-corrected chi connectivity index (χ1v) is 38.2. The van der Waals surface area contributed by atoms with Crippen LogP contribution in [0.3, 0.4) is 0 Å². The van der Waals surface area contributed by atoms with Crippen LogP contribution in [-0.4, -0.2) is 55.6 Å². The van der Waals surface area contributed by atoms with Crippen LogP contribution < -0.4 is 0 Å². The van der Waals surface area contributed by atoms with Gasteiger partial charge in [-0.3, -0.25) is 14.4 Å². The van der Waals surface area contributed by atoms with Crippen molar-refractivity contribution in [1.29, 1.82) is 0 Å². The molecule has 19 aliphatic carbocycles. The SMILES string of the molecule is CCC1CC(CC)C2C3CC(CC3C(=O)OCOC3(CC)CC4CCC3C4)C12.CCC1CC(CC)C2C3CC(CC3C(=O)OCOC34CC5CC(CC(C5)C3)C4)C12.CCC1CC(CC)C2C3CC(CC3C(=O)OCOC3C4CC5CC(C4)CC3C5)C12.